The van der Waals surface area contributed by atoms with E-state index in [-0.39, 0.29) is 24.9 Å². The Morgan fingerprint density at radius 1 is 1.06 bits per heavy atom. The Hall–Kier alpha value is -2.41. The molecular weight excluding hydrogens is 452 g/mol. The summed E-state index contributed by atoms with van der Waals surface area (Å²) in [5, 5.41) is 7.88. The number of nitrogens with zero attached hydrogens (tertiary/aromatic N) is 1. The van der Waals surface area contributed by atoms with Gasteiger partial charge in [0.1, 0.15) is 22.6 Å². The smallest absolute Gasteiger partial charge is 0.263 e. The number of thiazole rings is 1. The summed E-state index contributed by atoms with van der Waals surface area (Å²) >= 11 is 1.13. The molecule has 0 spiro atoms. The van der Waals surface area contributed by atoms with E-state index in [4.69, 9.17) is 14.2 Å². The molecule has 0 bridgehead atoms. The van der Waals surface area contributed by atoms with Gasteiger partial charge in [-0.25, -0.2) is 0 Å². The molecule has 4 atom stereocenters. The van der Waals surface area contributed by atoms with Crippen LogP contribution in [0, 0.1) is 5.92 Å². The lowest BCUT2D eigenvalue weighted by atomic mass is 9.93. The summed E-state index contributed by atoms with van der Waals surface area (Å²) in [5.74, 6) is -1.75. The quantitative estimate of drug-likeness (QED) is 0.310. The third-order valence-corrected chi connectivity index (χ3v) is 5.79. The number of amides is 3. The summed E-state index contributed by atoms with van der Waals surface area (Å²) in [6.07, 6.45) is 1.81. The van der Waals surface area contributed by atoms with Crippen molar-refractivity contribution in [3.8, 4) is 0 Å². The van der Waals surface area contributed by atoms with Crippen molar-refractivity contribution in [2.45, 2.75) is 50.9 Å². The summed E-state index contributed by atoms with van der Waals surface area (Å²) in [6.45, 7) is 5.64. The number of epoxide rings is 1. The zero-order chi connectivity index (χ0) is 24.6. The molecular formula is C21H32N4O7S. The summed E-state index contributed by atoms with van der Waals surface area (Å²) in [4.78, 5) is 55.1. The molecule has 0 aromatic carbocycles. The molecule has 11 nitrogen and oxygen atoms in total. The van der Waals surface area contributed by atoms with Crippen LogP contribution >= 0.6 is 11.3 Å². The van der Waals surface area contributed by atoms with Gasteiger partial charge in [-0.1, -0.05) is 13.8 Å². The molecule has 2 heterocycles. The van der Waals surface area contributed by atoms with Gasteiger partial charge in [-0.05, 0) is 19.3 Å². The zero-order valence-corrected chi connectivity index (χ0v) is 20.3. The molecule has 4 unspecified atom stereocenters. The van der Waals surface area contributed by atoms with Gasteiger partial charge in [0.15, 0.2) is 5.78 Å². The van der Waals surface area contributed by atoms with E-state index in [1.165, 1.54) is 25.9 Å². The van der Waals surface area contributed by atoms with Crippen LogP contribution < -0.4 is 16.0 Å². The van der Waals surface area contributed by atoms with Crippen molar-refractivity contribution in [1.29, 1.82) is 0 Å². The Morgan fingerprint density at radius 3 is 2.06 bits per heavy atom. The maximum Gasteiger partial charge on any atom is 0.263 e. The van der Waals surface area contributed by atoms with Gasteiger partial charge < -0.3 is 30.2 Å². The number of Topliss-reactive ketones (excluding diaryl/α,β-unsaturated/α-hetero) is 1. The van der Waals surface area contributed by atoms with Crippen LogP contribution in [0.3, 0.4) is 0 Å². The number of carbonyl (C=O) groups is 4. The van der Waals surface area contributed by atoms with Gasteiger partial charge in [-0.15, -0.1) is 11.3 Å². The Balaban J connectivity index is 2.07. The van der Waals surface area contributed by atoms with Crippen LogP contribution in [0.4, 0.5) is 0 Å². The molecule has 0 saturated carbocycles. The Labute approximate surface area is 196 Å². The molecule has 0 radical (unpaired) electrons. The molecule has 1 aromatic heterocycles. The van der Waals surface area contributed by atoms with Gasteiger partial charge >= 0.3 is 0 Å². The standard InChI is InChI=1S/C21H32N4O7S/c1-12(2)6-13(17(26)21(3)10-32-21)23-18(27)14(8-30-4)24-19(28)15(9-31-5)25-20(29)16-7-22-11-33-16/h7,11-15H,6,8-10H2,1-5H3,(H,23,27)(H,24,28)(H,25,29). The van der Waals surface area contributed by atoms with Gasteiger partial charge in [-0.3, -0.25) is 24.2 Å². The summed E-state index contributed by atoms with van der Waals surface area (Å²) in [6, 6.07) is -2.90. The number of ketones is 1. The van der Waals surface area contributed by atoms with E-state index in [9.17, 15) is 19.2 Å². The largest absolute Gasteiger partial charge is 0.382 e. The first-order chi connectivity index (χ1) is 15.6. The van der Waals surface area contributed by atoms with Gasteiger partial charge in [0.25, 0.3) is 5.91 Å². The maximum atomic E-state index is 13.0. The number of hydrogen-bond acceptors (Lipinski definition) is 9. The van der Waals surface area contributed by atoms with Crippen LogP contribution in [0.25, 0.3) is 0 Å². The lowest BCUT2D eigenvalue weighted by Crippen LogP contribution is -2.58. The first kappa shape index (κ1) is 26.8. The topological polar surface area (TPSA) is 148 Å². The second-order valence-corrected chi connectivity index (χ2v) is 9.32. The SMILES string of the molecule is COCC(NC(=O)c1cncs1)C(=O)NC(COC)C(=O)NC(CC(C)C)C(=O)C1(C)CO1. The molecule has 12 heteroatoms. The number of rotatable bonds is 14. The molecule has 1 fully saturated rings. The minimum atomic E-state index is -1.09. The third-order valence-electron chi connectivity index (χ3n) is 5.02. The minimum absolute atomic E-state index is 0.109. The number of hydrogen-bond donors (Lipinski definition) is 3. The number of methoxy groups -OCH3 is 2. The van der Waals surface area contributed by atoms with Crippen LogP contribution in [0.5, 0.6) is 0 Å². The number of ether oxygens (including phenoxy) is 3. The van der Waals surface area contributed by atoms with Gasteiger partial charge in [0, 0.05) is 14.2 Å². The number of carbonyl (C=O) groups excluding carboxylic acids is 4. The number of aromatic nitrogens is 1. The molecule has 0 aliphatic carbocycles. The molecule has 184 valence electrons. The van der Waals surface area contributed by atoms with E-state index < -0.39 is 41.4 Å². The van der Waals surface area contributed by atoms with Crippen LogP contribution in [0.2, 0.25) is 0 Å². The van der Waals surface area contributed by atoms with E-state index in [0.717, 1.165) is 11.3 Å². The lowest BCUT2D eigenvalue weighted by molar-refractivity contribution is -0.134. The Bertz CT molecular complexity index is 827. The molecule has 3 amide bonds. The van der Waals surface area contributed by atoms with Crippen molar-refractivity contribution in [3.63, 3.8) is 0 Å². The zero-order valence-electron chi connectivity index (χ0n) is 19.5. The minimum Gasteiger partial charge on any atom is -0.382 e. The van der Waals surface area contributed by atoms with Crippen LogP contribution in [-0.4, -0.2) is 86.3 Å². The summed E-state index contributed by atoms with van der Waals surface area (Å²) < 4.78 is 15.4. The Morgan fingerprint density at radius 2 is 1.61 bits per heavy atom. The van der Waals surface area contributed by atoms with E-state index in [2.05, 4.69) is 20.9 Å². The summed E-state index contributed by atoms with van der Waals surface area (Å²) in [5.41, 5.74) is 0.610. The second-order valence-electron chi connectivity index (χ2n) is 8.44. The van der Waals surface area contributed by atoms with Crippen molar-refractivity contribution >= 4 is 34.8 Å². The molecule has 1 saturated heterocycles. The normalized spacial score (nSPS) is 19.9. The average molecular weight is 485 g/mol. The molecule has 3 N–H and O–H groups in total. The lowest BCUT2D eigenvalue weighted by Gasteiger charge is -2.26. The highest BCUT2D eigenvalue weighted by Crippen LogP contribution is 2.29. The molecule has 1 aliphatic rings. The maximum absolute atomic E-state index is 13.0. The Kier molecular flexibility index (Phi) is 9.89. The van der Waals surface area contributed by atoms with Crippen molar-refractivity contribution in [1.82, 2.24) is 20.9 Å². The summed E-state index contributed by atoms with van der Waals surface area (Å²) in [7, 11) is 2.78. The van der Waals surface area contributed by atoms with Crippen molar-refractivity contribution < 1.29 is 33.4 Å². The predicted molar refractivity (Wildman–Crippen MR) is 120 cm³/mol. The fraction of sp³-hybridized carbons (Fsp3) is 0.667. The monoisotopic (exact) mass is 484 g/mol. The second kappa shape index (κ2) is 12.2. The van der Waals surface area contributed by atoms with E-state index >= 15 is 0 Å². The molecule has 33 heavy (non-hydrogen) atoms. The van der Waals surface area contributed by atoms with Crippen LogP contribution in [-0.2, 0) is 28.6 Å². The van der Waals surface area contributed by atoms with Crippen molar-refractivity contribution in [2.75, 3.05) is 34.0 Å². The fourth-order valence-corrected chi connectivity index (χ4v) is 3.65. The van der Waals surface area contributed by atoms with E-state index in [0.29, 0.717) is 17.9 Å². The third kappa shape index (κ3) is 7.84. The van der Waals surface area contributed by atoms with E-state index in [1.807, 2.05) is 13.8 Å². The van der Waals surface area contributed by atoms with Gasteiger partial charge in [-0.2, -0.15) is 0 Å². The highest BCUT2D eigenvalue weighted by molar-refractivity contribution is 7.11. The first-order valence-corrected chi connectivity index (χ1v) is 11.5. The fourth-order valence-electron chi connectivity index (χ4n) is 3.12. The van der Waals surface area contributed by atoms with Crippen LogP contribution in [0.15, 0.2) is 11.7 Å². The van der Waals surface area contributed by atoms with E-state index in [1.54, 1.807) is 6.92 Å². The van der Waals surface area contributed by atoms with Gasteiger partial charge in [0.05, 0.1) is 37.6 Å². The first-order valence-electron chi connectivity index (χ1n) is 10.6. The number of nitrogens with one attached hydrogen (secondary N) is 3. The molecule has 2 rings (SSSR count). The van der Waals surface area contributed by atoms with Crippen molar-refractivity contribution in [2.24, 2.45) is 5.92 Å². The molecule has 1 aromatic rings. The van der Waals surface area contributed by atoms with Crippen molar-refractivity contribution in [3.05, 3.63) is 16.6 Å². The molecule has 1 aliphatic heterocycles. The van der Waals surface area contributed by atoms with Gasteiger partial charge in [0.2, 0.25) is 11.8 Å². The predicted octanol–water partition coefficient (Wildman–Crippen LogP) is -0.0920. The van der Waals surface area contributed by atoms with Crippen LogP contribution in [0.1, 0.15) is 36.9 Å². The average Bonchev–Trinajstić information content (AvgIpc) is 3.27. The highest BCUT2D eigenvalue weighted by atomic mass is 32.1. The highest BCUT2D eigenvalue weighted by Gasteiger charge is 2.50.